The second-order valence-corrected chi connectivity index (χ2v) is 12.2. The maximum atomic E-state index is 13.6. The van der Waals surface area contributed by atoms with Gasteiger partial charge >= 0.3 is 0 Å². The molecule has 2 aromatic rings. The Morgan fingerprint density at radius 3 is 2.33 bits per heavy atom. The lowest BCUT2D eigenvalue weighted by molar-refractivity contribution is 0.0926. The predicted molar refractivity (Wildman–Crippen MR) is 124 cm³/mol. The molecule has 2 heterocycles. The number of hydrogen-bond acceptors (Lipinski definition) is 6. The van der Waals surface area contributed by atoms with E-state index in [9.17, 15) is 16.8 Å². The lowest BCUT2D eigenvalue weighted by Crippen LogP contribution is -2.37. The van der Waals surface area contributed by atoms with E-state index in [0.29, 0.717) is 25.4 Å². The summed E-state index contributed by atoms with van der Waals surface area (Å²) in [4.78, 5) is 0.172. The van der Waals surface area contributed by atoms with Crippen molar-refractivity contribution in [2.75, 3.05) is 33.4 Å². The SMILES string of the molecule is COc1cccc(CN(CC2CCCO2)S(=O)(=O)c2ccc(S(=O)(=O)N3CCCC3)cc2)c1. The second-order valence-electron chi connectivity index (χ2n) is 8.37. The molecule has 4 rings (SSSR count). The van der Waals surface area contributed by atoms with Crippen molar-refractivity contribution in [3.8, 4) is 5.75 Å². The lowest BCUT2D eigenvalue weighted by atomic mass is 10.2. The molecule has 2 aromatic carbocycles. The highest BCUT2D eigenvalue weighted by atomic mass is 32.2. The van der Waals surface area contributed by atoms with Crippen molar-refractivity contribution in [1.29, 1.82) is 0 Å². The first-order valence-corrected chi connectivity index (χ1v) is 14.0. The van der Waals surface area contributed by atoms with Crippen LogP contribution in [0.4, 0.5) is 0 Å². The van der Waals surface area contributed by atoms with Crippen molar-refractivity contribution in [3.63, 3.8) is 0 Å². The van der Waals surface area contributed by atoms with E-state index in [2.05, 4.69) is 0 Å². The van der Waals surface area contributed by atoms with Crippen LogP contribution in [-0.2, 0) is 31.3 Å². The molecule has 10 heteroatoms. The minimum atomic E-state index is -3.88. The van der Waals surface area contributed by atoms with E-state index in [1.807, 2.05) is 24.3 Å². The minimum Gasteiger partial charge on any atom is -0.497 e. The van der Waals surface area contributed by atoms with E-state index < -0.39 is 20.0 Å². The molecule has 1 atom stereocenters. The maximum Gasteiger partial charge on any atom is 0.243 e. The molecule has 0 N–H and O–H groups in total. The molecular weight excluding hydrogens is 464 g/mol. The molecule has 0 radical (unpaired) electrons. The van der Waals surface area contributed by atoms with Crippen LogP contribution in [0.15, 0.2) is 58.3 Å². The Labute approximate surface area is 196 Å². The van der Waals surface area contributed by atoms with Gasteiger partial charge in [0.2, 0.25) is 20.0 Å². The highest BCUT2D eigenvalue weighted by Crippen LogP contribution is 2.26. The van der Waals surface area contributed by atoms with Gasteiger partial charge in [0.05, 0.1) is 23.0 Å². The Hall–Kier alpha value is -1.98. The van der Waals surface area contributed by atoms with Crippen LogP contribution in [0.2, 0.25) is 0 Å². The van der Waals surface area contributed by atoms with Gasteiger partial charge in [-0.1, -0.05) is 12.1 Å². The molecule has 0 aromatic heterocycles. The summed E-state index contributed by atoms with van der Waals surface area (Å²) in [5, 5.41) is 0. The molecule has 0 amide bonds. The summed E-state index contributed by atoms with van der Waals surface area (Å²) < 4.78 is 66.6. The quantitative estimate of drug-likeness (QED) is 0.532. The molecule has 2 saturated heterocycles. The third-order valence-corrected chi connectivity index (χ3v) is 9.83. The van der Waals surface area contributed by atoms with Crippen molar-refractivity contribution in [3.05, 3.63) is 54.1 Å². The first-order valence-electron chi connectivity index (χ1n) is 11.2. The molecular formula is C23H30N2O6S2. The summed E-state index contributed by atoms with van der Waals surface area (Å²) in [6.45, 7) is 2.01. The van der Waals surface area contributed by atoms with Gasteiger partial charge in [-0.2, -0.15) is 8.61 Å². The Morgan fingerprint density at radius 2 is 1.70 bits per heavy atom. The molecule has 8 nitrogen and oxygen atoms in total. The van der Waals surface area contributed by atoms with Gasteiger partial charge in [0.25, 0.3) is 0 Å². The Morgan fingerprint density at radius 1 is 1.00 bits per heavy atom. The predicted octanol–water partition coefficient (Wildman–Crippen LogP) is 2.85. The normalized spacial score (nSPS) is 19.9. The van der Waals surface area contributed by atoms with Gasteiger partial charge < -0.3 is 9.47 Å². The van der Waals surface area contributed by atoms with Crippen LogP contribution >= 0.6 is 0 Å². The average molecular weight is 495 g/mol. The summed E-state index contributed by atoms with van der Waals surface area (Å²) >= 11 is 0. The molecule has 0 saturated carbocycles. The van der Waals surface area contributed by atoms with Crippen molar-refractivity contribution >= 4 is 20.0 Å². The smallest absolute Gasteiger partial charge is 0.243 e. The van der Waals surface area contributed by atoms with E-state index in [0.717, 1.165) is 31.2 Å². The van der Waals surface area contributed by atoms with Crippen LogP contribution in [0.5, 0.6) is 5.75 Å². The fourth-order valence-corrected chi connectivity index (χ4v) is 7.22. The Bertz CT molecular complexity index is 1150. The van der Waals surface area contributed by atoms with Crippen LogP contribution in [0.1, 0.15) is 31.2 Å². The zero-order valence-corrected chi connectivity index (χ0v) is 20.4. The number of sulfonamides is 2. The third kappa shape index (κ3) is 5.41. The number of ether oxygens (including phenoxy) is 2. The maximum absolute atomic E-state index is 13.6. The zero-order valence-electron chi connectivity index (χ0n) is 18.7. The summed E-state index contributed by atoms with van der Waals surface area (Å²) in [5.41, 5.74) is 0.796. The van der Waals surface area contributed by atoms with Gasteiger partial charge in [-0.25, -0.2) is 16.8 Å². The highest BCUT2D eigenvalue weighted by Gasteiger charge is 2.31. The molecule has 0 spiro atoms. The Kier molecular flexibility index (Phi) is 7.40. The standard InChI is InChI=1S/C23H30N2O6S2/c1-30-20-7-4-6-19(16-20)17-25(18-21-8-5-15-31-21)33(28,29)23-11-9-22(10-12-23)32(26,27)24-13-2-3-14-24/h4,6-7,9-12,16,21H,2-3,5,8,13-15,17-18H2,1H3. The molecule has 1 unspecified atom stereocenters. The van der Waals surface area contributed by atoms with E-state index >= 15 is 0 Å². The van der Waals surface area contributed by atoms with Gasteiger partial charge in [-0.15, -0.1) is 0 Å². The monoisotopic (exact) mass is 494 g/mol. The molecule has 180 valence electrons. The summed E-state index contributed by atoms with van der Waals surface area (Å²) in [6, 6.07) is 12.8. The van der Waals surface area contributed by atoms with Crippen molar-refractivity contribution < 1.29 is 26.3 Å². The zero-order chi connectivity index (χ0) is 23.5. The number of nitrogens with zero attached hydrogens (tertiary/aromatic N) is 2. The molecule has 2 aliphatic heterocycles. The van der Waals surface area contributed by atoms with Crippen LogP contribution < -0.4 is 4.74 Å². The van der Waals surface area contributed by atoms with Crippen molar-refractivity contribution in [1.82, 2.24) is 8.61 Å². The first-order chi connectivity index (χ1) is 15.8. The number of rotatable bonds is 9. The Balaban J connectivity index is 1.60. The second kappa shape index (κ2) is 10.1. The molecule has 0 aliphatic carbocycles. The lowest BCUT2D eigenvalue weighted by Gasteiger charge is -2.25. The van der Waals surface area contributed by atoms with E-state index in [-0.39, 0.29) is 29.0 Å². The highest BCUT2D eigenvalue weighted by molar-refractivity contribution is 7.89. The van der Waals surface area contributed by atoms with Crippen molar-refractivity contribution in [2.45, 2.75) is 48.1 Å². The fourth-order valence-electron chi connectivity index (χ4n) is 4.25. The fraction of sp³-hybridized carbons (Fsp3) is 0.478. The minimum absolute atomic E-state index is 0.0590. The number of methoxy groups -OCH3 is 1. The summed E-state index contributed by atoms with van der Waals surface area (Å²) in [7, 11) is -5.92. The van der Waals surface area contributed by atoms with Crippen LogP contribution in [0.3, 0.4) is 0 Å². The van der Waals surface area contributed by atoms with Crippen LogP contribution in [0.25, 0.3) is 0 Å². The first kappa shape index (κ1) is 24.2. The summed E-state index contributed by atoms with van der Waals surface area (Å²) in [6.07, 6.45) is 3.22. The number of hydrogen-bond donors (Lipinski definition) is 0. The molecule has 2 aliphatic rings. The van der Waals surface area contributed by atoms with E-state index in [1.54, 1.807) is 7.11 Å². The van der Waals surface area contributed by atoms with Gasteiger partial charge in [-0.05, 0) is 67.6 Å². The molecule has 0 bridgehead atoms. The summed E-state index contributed by atoms with van der Waals surface area (Å²) in [5.74, 6) is 0.651. The average Bonchev–Trinajstić information content (AvgIpc) is 3.54. The third-order valence-electron chi connectivity index (χ3n) is 6.09. The topological polar surface area (TPSA) is 93.2 Å². The number of benzene rings is 2. The molecule has 33 heavy (non-hydrogen) atoms. The van der Waals surface area contributed by atoms with E-state index in [4.69, 9.17) is 9.47 Å². The van der Waals surface area contributed by atoms with Crippen LogP contribution in [0, 0.1) is 0 Å². The molecule has 2 fully saturated rings. The largest absolute Gasteiger partial charge is 0.497 e. The van der Waals surface area contributed by atoms with Gasteiger partial charge in [0.15, 0.2) is 0 Å². The van der Waals surface area contributed by atoms with Gasteiger partial charge in [-0.3, -0.25) is 0 Å². The van der Waals surface area contributed by atoms with Crippen molar-refractivity contribution in [2.24, 2.45) is 0 Å². The van der Waals surface area contributed by atoms with Gasteiger partial charge in [0, 0.05) is 32.8 Å². The van der Waals surface area contributed by atoms with Crippen LogP contribution in [-0.4, -0.2) is 64.9 Å². The van der Waals surface area contributed by atoms with E-state index in [1.165, 1.54) is 32.9 Å². The van der Waals surface area contributed by atoms with Gasteiger partial charge in [0.1, 0.15) is 5.75 Å².